The number of fused-ring (bicyclic) bond motifs is 1. The molecule has 1 aliphatic rings. The summed E-state index contributed by atoms with van der Waals surface area (Å²) in [6.45, 7) is 0. The number of nitrogens with one attached hydrogen (secondary N) is 1. The Hall–Kier alpha value is -2.98. The average Bonchev–Trinajstić information content (AvgIpc) is 2.64. The Morgan fingerprint density at radius 2 is 1.81 bits per heavy atom. The Kier molecular flexibility index (Phi) is 4.73. The molecular weight excluding hydrogens is 360 g/mol. The van der Waals surface area contributed by atoms with E-state index in [1.807, 2.05) is 42.5 Å². The van der Waals surface area contributed by atoms with Crippen molar-refractivity contribution in [3.63, 3.8) is 0 Å². The third-order valence-electron chi connectivity index (χ3n) is 4.92. The maximum Gasteiger partial charge on any atom is 0.186 e. The molecule has 0 aliphatic heterocycles. The van der Waals surface area contributed by atoms with Crippen molar-refractivity contribution in [2.24, 2.45) is 0 Å². The van der Waals surface area contributed by atoms with Crippen LogP contribution >= 0.6 is 0 Å². The summed E-state index contributed by atoms with van der Waals surface area (Å²) in [5, 5.41) is 22.0. The van der Waals surface area contributed by atoms with Gasteiger partial charge in [0, 0.05) is 11.4 Å². The Morgan fingerprint density at radius 1 is 1.07 bits per heavy atom. The predicted octanol–water partition coefficient (Wildman–Crippen LogP) is 3.24. The van der Waals surface area contributed by atoms with Crippen LogP contribution in [0.5, 0.6) is 0 Å². The topological polar surface area (TPSA) is 95.7 Å². The SMILES string of the molecule is N#Cc1nnc2cc(-c3ccc(C[SH](=O)=O)cc3)ccc2c1NC1CCC1. The van der Waals surface area contributed by atoms with E-state index in [9.17, 15) is 13.7 Å². The monoisotopic (exact) mass is 378 g/mol. The Labute approximate surface area is 158 Å². The first-order valence-corrected chi connectivity index (χ1v) is 10.2. The smallest absolute Gasteiger partial charge is 0.186 e. The van der Waals surface area contributed by atoms with Crippen molar-refractivity contribution in [1.29, 1.82) is 5.26 Å². The minimum atomic E-state index is -2.43. The number of benzene rings is 2. The highest BCUT2D eigenvalue weighted by Crippen LogP contribution is 2.32. The molecule has 6 nitrogen and oxygen atoms in total. The van der Waals surface area contributed by atoms with Crippen molar-refractivity contribution in [2.45, 2.75) is 31.1 Å². The molecule has 27 heavy (non-hydrogen) atoms. The zero-order valence-electron chi connectivity index (χ0n) is 14.6. The van der Waals surface area contributed by atoms with Crippen LogP contribution in [0.2, 0.25) is 0 Å². The summed E-state index contributed by atoms with van der Waals surface area (Å²) in [5.41, 5.74) is 4.50. The zero-order chi connectivity index (χ0) is 18.8. The maximum atomic E-state index is 10.8. The molecule has 1 heterocycles. The van der Waals surface area contributed by atoms with Crippen LogP contribution in [-0.2, 0) is 16.5 Å². The highest BCUT2D eigenvalue weighted by molar-refractivity contribution is 7.71. The molecule has 7 heteroatoms. The molecule has 1 aliphatic carbocycles. The van der Waals surface area contributed by atoms with Crippen molar-refractivity contribution < 1.29 is 8.42 Å². The molecule has 1 N–H and O–H groups in total. The van der Waals surface area contributed by atoms with Gasteiger partial charge in [-0.1, -0.05) is 30.3 Å². The van der Waals surface area contributed by atoms with Crippen LogP contribution in [0, 0.1) is 11.3 Å². The van der Waals surface area contributed by atoms with Gasteiger partial charge in [0.25, 0.3) is 0 Å². The number of nitriles is 1. The van der Waals surface area contributed by atoms with Gasteiger partial charge < -0.3 is 5.32 Å². The normalized spacial score (nSPS) is 14.1. The molecule has 4 rings (SSSR count). The van der Waals surface area contributed by atoms with E-state index in [2.05, 4.69) is 21.6 Å². The van der Waals surface area contributed by atoms with Gasteiger partial charge in [-0.25, -0.2) is 8.42 Å². The summed E-state index contributed by atoms with van der Waals surface area (Å²) in [4.78, 5) is 0. The van der Waals surface area contributed by atoms with E-state index in [0.29, 0.717) is 11.7 Å². The van der Waals surface area contributed by atoms with Crippen LogP contribution in [0.3, 0.4) is 0 Å². The maximum absolute atomic E-state index is 10.8. The number of aromatic nitrogens is 2. The minimum Gasteiger partial charge on any atom is -0.379 e. The lowest BCUT2D eigenvalue weighted by molar-refractivity contribution is 0.445. The number of rotatable bonds is 5. The van der Waals surface area contributed by atoms with Gasteiger partial charge in [0.05, 0.1) is 17.0 Å². The van der Waals surface area contributed by atoms with E-state index in [4.69, 9.17) is 0 Å². The van der Waals surface area contributed by atoms with Crippen LogP contribution in [0.25, 0.3) is 22.0 Å². The van der Waals surface area contributed by atoms with Crippen LogP contribution < -0.4 is 5.32 Å². The summed E-state index contributed by atoms with van der Waals surface area (Å²) < 4.78 is 21.7. The molecule has 2 aromatic carbocycles. The molecule has 0 radical (unpaired) electrons. The third kappa shape index (κ3) is 3.62. The quantitative estimate of drug-likeness (QED) is 0.662. The second kappa shape index (κ2) is 7.33. The lowest BCUT2D eigenvalue weighted by Crippen LogP contribution is -2.27. The molecule has 1 aromatic heterocycles. The second-order valence-electron chi connectivity index (χ2n) is 6.73. The van der Waals surface area contributed by atoms with E-state index < -0.39 is 10.7 Å². The summed E-state index contributed by atoms with van der Waals surface area (Å²) >= 11 is 0. The fraction of sp³-hybridized carbons (Fsp3) is 0.250. The van der Waals surface area contributed by atoms with Crippen molar-refractivity contribution in [3.05, 3.63) is 53.7 Å². The molecule has 0 unspecified atom stereocenters. The van der Waals surface area contributed by atoms with Gasteiger partial charge in [-0.05, 0) is 48.1 Å². The number of hydrogen-bond donors (Lipinski definition) is 2. The van der Waals surface area contributed by atoms with Crippen molar-refractivity contribution >= 4 is 27.3 Å². The average molecular weight is 378 g/mol. The number of nitrogens with zero attached hydrogens (tertiary/aromatic N) is 3. The molecule has 1 fully saturated rings. The molecular formula is C20H18N4O2S. The molecule has 0 bridgehead atoms. The molecule has 3 aromatic rings. The lowest BCUT2D eigenvalue weighted by atomic mass is 9.92. The van der Waals surface area contributed by atoms with Crippen LogP contribution in [0.15, 0.2) is 42.5 Å². The molecule has 0 atom stereocenters. The molecule has 0 spiro atoms. The molecule has 0 amide bonds. The van der Waals surface area contributed by atoms with Gasteiger partial charge in [-0.3, -0.25) is 0 Å². The predicted molar refractivity (Wildman–Crippen MR) is 105 cm³/mol. The standard InChI is InChI=1S/C20H18N4O2S/c21-11-19-20(22-16-2-1-3-16)17-9-8-15(10-18(17)23-24-19)14-6-4-13(5-7-14)12-27(25)26/h4-10,16,27H,1-3,12H2,(H,22,23). The van der Waals surface area contributed by atoms with Crippen LogP contribution in [0.4, 0.5) is 5.69 Å². The second-order valence-corrected chi connectivity index (χ2v) is 7.71. The van der Waals surface area contributed by atoms with Gasteiger partial charge in [0.1, 0.15) is 16.8 Å². The Morgan fingerprint density at radius 3 is 2.44 bits per heavy atom. The Balaban J connectivity index is 1.71. The summed E-state index contributed by atoms with van der Waals surface area (Å²) in [6.07, 6.45) is 3.42. The van der Waals surface area contributed by atoms with E-state index in [1.54, 1.807) is 0 Å². The van der Waals surface area contributed by atoms with E-state index in [0.717, 1.165) is 46.1 Å². The largest absolute Gasteiger partial charge is 0.379 e. The van der Waals surface area contributed by atoms with E-state index >= 15 is 0 Å². The van der Waals surface area contributed by atoms with Gasteiger partial charge in [0.15, 0.2) is 5.69 Å². The van der Waals surface area contributed by atoms with Crippen LogP contribution in [0.1, 0.15) is 30.5 Å². The van der Waals surface area contributed by atoms with Gasteiger partial charge >= 0.3 is 0 Å². The Bertz CT molecular complexity index is 1110. The number of anilines is 1. The van der Waals surface area contributed by atoms with Gasteiger partial charge in [-0.15, -0.1) is 10.2 Å². The summed E-state index contributed by atoms with van der Waals surface area (Å²) in [6, 6.07) is 15.8. The van der Waals surface area contributed by atoms with Crippen molar-refractivity contribution in [3.8, 4) is 17.2 Å². The zero-order valence-corrected chi connectivity index (χ0v) is 15.4. The first-order chi connectivity index (χ1) is 13.1. The van der Waals surface area contributed by atoms with Gasteiger partial charge in [-0.2, -0.15) is 5.26 Å². The van der Waals surface area contributed by atoms with Gasteiger partial charge in [0.2, 0.25) is 0 Å². The third-order valence-corrected chi connectivity index (χ3v) is 5.54. The summed E-state index contributed by atoms with van der Waals surface area (Å²) in [5.74, 6) is 0.0476. The minimum absolute atomic E-state index is 0.0476. The fourth-order valence-electron chi connectivity index (χ4n) is 3.22. The first-order valence-electron chi connectivity index (χ1n) is 8.82. The number of hydrogen-bond acceptors (Lipinski definition) is 6. The highest BCUT2D eigenvalue weighted by atomic mass is 32.2. The molecule has 0 saturated heterocycles. The lowest BCUT2D eigenvalue weighted by Gasteiger charge is -2.28. The van der Waals surface area contributed by atoms with Crippen molar-refractivity contribution in [2.75, 3.05) is 5.32 Å². The van der Waals surface area contributed by atoms with Crippen molar-refractivity contribution in [1.82, 2.24) is 10.2 Å². The first kappa shape index (κ1) is 17.4. The van der Waals surface area contributed by atoms with E-state index in [-0.39, 0.29) is 5.75 Å². The fourth-order valence-corrected chi connectivity index (χ4v) is 3.73. The molecule has 1 saturated carbocycles. The van der Waals surface area contributed by atoms with E-state index in [1.165, 1.54) is 6.42 Å². The summed E-state index contributed by atoms with van der Waals surface area (Å²) in [7, 11) is -2.43. The molecule has 136 valence electrons. The van der Waals surface area contributed by atoms with Crippen LogP contribution in [-0.4, -0.2) is 24.7 Å². The number of thiol groups is 1. The highest BCUT2D eigenvalue weighted by Gasteiger charge is 2.20.